The molecule has 0 aliphatic heterocycles. The summed E-state index contributed by atoms with van der Waals surface area (Å²) in [6.45, 7) is -0.205. The van der Waals surface area contributed by atoms with Crippen LogP contribution in [-0.2, 0) is 12.7 Å². The van der Waals surface area contributed by atoms with E-state index in [1.165, 1.54) is 0 Å². The molecule has 0 radical (unpaired) electrons. The second-order valence-corrected chi connectivity index (χ2v) is 4.29. The van der Waals surface area contributed by atoms with E-state index in [1.807, 2.05) is 0 Å². The molecule has 1 nitrogen and oxygen atoms in total. The Morgan fingerprint density at radius 3 is 2.19 bits per heavy atom. The minimum atomic E-state index is -4.82. The van der Waals surface area contributed by atoms with Crippen LogP contribution < -0.4 is 5.32 Å². The van der Waals surface area contributed by atoms with E-state index in [1.54, 1.807) is 0 Å². The van der Waals surface area contributed by atoms with E-state index >= 15 is 0 Å². The number of rotatable bonds is 3. The highest BCUT2D eigenvalue weighted by Gasteiger charge is 2.34. The van der Waals surface area contributed by atoms with Crippen LogP contribution in [0.25, 0.3) is 0 Å². The molecule has 0 spiro atoms. The maximum absolute atomic E-state index is 13.3. The van der Waals surface area contributed by atoms with Gasteiger partial charge < -0.3 is 5.32 Å². The van der Waals surface area contributed by atoms with Gasteiger partial charge in [0.05, 0.1) is 11.3 Å². The predicted molar refractivity (Wildman–Crippen MR) is 65.1 cm³/mol. The van der Waals surface area contributed by atoms with Crippen molar-refractivity contribution in [2.24, 2.45) is 0 Å². The lowest BCUT2D eigenvalue weighted by atomic mass is 10.1. The van der Waals surface area contributed by atoms with Crippen molar-refractivity contribution in [3.05, 3.63) is 65.0 Å². The topological polar surface area (TPSA) is 12.0 Å². The van der Waals surface area contributed by atoms with Crippen molar-refractivity contribution in [2.45, 2.75) is 12.7 Å². The molecule has 2 rings (SSSR count). The van der Waals surface area contributed by atoms with Gasteiger partial charge in [-0.25, -0.2) is 13.2 Å². The first-order valence-corrected chi connectivity index (χ1v) is 5.82. The Bertz CT molecular complexity index is 650. The third kappa shape index (κ3) is 3.68. The molecule has 7 heteroatoms. The van der Waals surface area contributed by atoms with E-state index in [0.717, 1.165) is 24.3 Å². The van der Waals surface area contributed by atoms with Gasteiger partial charge in [-0.05, 0) is 35.9 Å². The monoisotopic (exact) mass is 305 g/mol. The lowest BCUT2D eigenvalue weighted by Gasteiger charge is -2.11. The molecule has 0 heterocycles. The van der Waals surface area contributed by atoms with Gasteiger partial charge in [0, 0.05) is 6.54 Å². The van der Waals surface area contributed by atoms with Crippen LogP contribution in [0.1, 0.15) is 11.1 Å². The summed E-state index contributed by atoms with van der Waals surface area (Å²) in [5.74, 6) is -2.81. The third-order valence-electron chi connectivity index (χ3n) is 2.75. The molecule has 0 atom stereocenters. The van der Waals surface area contributed by atoms with Crippen LogP contribution in [0, 0.1) is 17.5 Å². The zero-order valence-corrected chi connectivity index (χ0v) is 10.4. The van der Waals surface area contributed by atoms with Gasteiger partial charge in [-0.1, -0.05) is 6.07 Å². The van der Waals surface area contributed by atoms with Crippen LogP contribution in [0.2, 0.25) is 0 Å². The Hall–Kier alpha value is -2.18. The Balaban J connectivity index is 2.19. The zero-order valence-electron chi connectivity index (χ0n) is 10.4. The van der Waals surface area contributed by atoms with Crippen molar-refractivity contribution in [1.29, 1.82) is 0 Å². The Kier molecular flexibility index (Phi) is 4.11. The standard InChI is InChI=1S/C14H9F6N/c15-9-2-4-12(17)13(6-9)21-7-8-1-3-11(16)10(5-8)14(18,19)20/h1-6,21H,7H2. The van der Waals surface area contributed by atoms with Crippen molar-refractivity contribution in [3.8, 4) is 0 Å². The Morgan fingerprint density at radius 2 is 1.52 bits per heavy atom. The van der Waals surface area contributed by atoms with E-state index in [9.17, 15) is 26.3 Å². The van der Waals surface area contributed by atoms with Crippen LogP contribution >= 0.6 is 0 Å². The molecule has 0 saturated heterocycles. The predicted octanol–water partition coefficient (Wildman–Crippen LogP) is 4.73. The molecule has 1 N–H and O–H groups in total. The van der Waals surface area contributed by atoms with E-state index in [2.05, 4.69) is 5.32 Å². The normalized spacial score (nSPS) is 11.5. The van der Waals surface area contributed by atoms with Crippen LogP contribution in [-0.4, -0.2) is 0 Å². The van der Waals surface area contributed by atoms with Crippen LogP contribution in [0.3, 0.4) is 0 Å². The first kappa shape index (κ1) is 15.2. The molecule has 2 aromatic rings. The van der Waals surface area contributed by atoms with E-state index in [0.29, 0.717) is 12.1 Å². The molecule has 0 aliphatic carbocycles. The number of hydrogen-bond acceptors (Lipinski definition) is 1. The second-order valence-electron chi connectivity index (χ2n) is 4.29. The molecule has 2 aromatic carbocycles. The zero-order chi connectivity index (χ0) is 15.6. The highest BCUT2D eigenvalue weighted by Crippen LogP contribution is 2.32. The largest absolute Gasteiger partial charge is 0.419 e. The summed E-state index contributed by atoms with van der Waals surface area (Å²) in [5.41, 5.74) is -1.50. The summed E-state index contributed by atoms with van der Waals surface area (Å²) >= 11 is 0. The molecular weight excluding hydrogens is 296 g/mol. The van der Waals surface area contributed by atoms with Crippen LogP contribution in [0.15, 0.2) is 36.4 Å². The number of alkyl halides is 3. The van der Waals surface area contributed by atoms with Gasteiger partial charge in [0.1, 0.15) is 17.5 Å². The molecule has 0 saturated carbocycles. The average molecular weight is 305 g/mol. The highest BCUT2D eigenvalue weighted by atomic mass is 19.4. The maximum Gasteiger partial charge on any atom is 0.419 e. The minimum absolute atomic E-state index is 0.0902. The van der Waals surface area contributed by atoms with Gasteiger partial charge in [0.2, 0.25) is 0 Å². The summed E-state index contributed by atoms with van der Waals surface area (Å²) in [6, 6.07) is 5.13. The van der Waals surface area contributed by atoms with Crippen LogP contribution in [0.4, 0.5) is 32.0 Å². The van der Waals surface area contributed by atoms with E-state index in [4.69, 9.17) is 0 Å². The van der Waals surface area contributed by atoms with E-state index in [-0.39, 0.29) is 17.8 Å². The smallest absolute Gasteiger partial charge is 0.379 e. The molecule has 0 aromatic heterocycles. The third-order valence-corrected chi connectivity index (χ3v) is 2.75. The first-order chi connectivity index (χ1) is 9.77. The molecule has 0 bridgehead atoms. The quantitative estimate of drug-likeness (QED) is 0.808. The fourth-order valence-electron chi connectivity index (χ4n) is 1.73. The van der Waals surface area contributed by atoms with Gasteiger partial charge in [-0.2, -0.15) is 13.2 Å². The first-order valence-electron chi connectivity index (χ1n) is 5.82. The van der Waals surface area contributed by atoms with Gasteiger partial charge >= 0.3 is 6.18 Å². The number of halogens is 6. The molecule has 21 heavy (non-hydrogen) atoms. The second kappa shape index (κ2) is 5.67. The van der Waals surface area contributed by atoms with E-state index < -0.39 is 29.2 Å². The fourth-order valence-corrected chi connectivity index (χ4v) is 1.73. The van der Waals surface area contributed by atoms with Crippen molar-refractivity contribution < 1.29 is 26.3 Å². The molecule has 112 valence electrons. The Morgan fingerprint density at radius 1 is 0.857 bits per heavy atom. The maximum atomic E-state index is 13.3. The Labute approximate surface area is 116 Å². The van der Waals surface area contributed by atoms with Crippen molar-refractivity contribution in [3.63, 3.8) is 0 Å². The highest BCUT2D eigenvalue weighted by molar-refractivity contribution is 5.45. The summed E-state index contributed by atoms with van der Waals surface area (Å²) in [4.78, 5) is 0. The molecule has 0 aliphatic rings. The number of anilines is 1. The molecule has 0 amide bonds. The molecule has 0 fully saturated rings. The lowest BCUT2D eigenvalue weighted by Crippen LogP contribution is -2.10. The van der Waals surface area contributed by atoms with Gasteiger partial charge in [0.15, 0.2) is 0 Å². The summed E-state index contributed by atoms with van der Waals surface area (Å²) < 4.78 is 77.0. The average Bonchev–Trinajstić information content (AvgIpc) is 2.40. The minimum Gasteiger partial charge on any atom is -0.379 e. The van der Waals surface area contributed by atoms with Gasteiger partial charge in [0.25, 0.3) is 0 Å². The summed E-state index contributed by atoms with van der Waals surface area (Å²) in [5, 5.41) is 2.46. The molecular formula is C14H9F6N. The molecule has 0 unspecified atom stereocenters. The fraction of sp³-hybridized carbons (Fsp3) is 0.143. The lowest BCUT2D eigenvalue weighted by molar-refractivity contribution is -0.140. The van der Waals surface area contributed by atoms with Crippen molar-refractivity contribution in [1.82, 2.24) is 0 Å². The summed E-state index contributed by atoms with van der Waals surface area (Å²) in [7, 11) is 0. The summed E-state index contributed by atoms with van der Waals surface area (Å²) in [6.07, 6.45) is -4.82. The van der Waals surface area contributed by atoms with Crippen molar-refractivity contribution >= 4 is 5.69 Å². The van der Waals surface area contributed by atoms with Gasteiger partial charge in [-0.15, -0.1) is 0 Å². The SMILES string of the molecule is Fc1ccc(F)c(NCc2ccc(F)c(C(F)(F)F)c2)c1. The number of hydrogen-bond donors (Lipinski definition) is 1. The van der Waals surface area contributed by atoms with Crippen molar-refractivity contribution in [2.75, 3.05) is 5.32 Å². The number of nitrogens with one attached hydrogen (secondary N) is 1. The van der Waals surface area contributed by atoms with Crippen LogP contribution in [0.5, 0.6) is 0 Å². The number of benzene rings is 2. The van der Waals surface area contributed by atoms with Gasteiger partial charge in [-0.3, -0.25) is 0 Å².